The minimum Gasteiger partial charge on any atom is -0.385 e. The van der Waals surface area contributed by atoms with Gasteiger partial charge in [-0.2, -0.15) is 4.98 Å². The van der Waals surface area contributed by atoms with Crippen LogP contribution in [-0.4, -0.2) is 23.8 Å². The Hall–Kier alpha value is -1.88. The molecular formula is C16H23N3O2. The molecule has 2 rings (SSSR count). The Morgan fingerprint density at radius 3 is 2.52 bits per heavy atom. The van der Waals surface area contributed by atoms with Gasteiger partial charge in [0.15, 0.2) is 0 Å². The van der Waals surface area contributed by atoms with Crippen molar-refractivity contribution in [2.24, 2.45) is 0 Å². The zero-order valence-electron chi connectivity index (χ0n) is 12.9. The third-order valence-electron chi connectivity index (χ3n) is 3.85. The van der Waals surface area contributed by atoms with Gasteiger partial charge in [-0.25, -0.2) is 0 Å². The lowest BCUT2D eigenvalue weighted by molar-refractivity contribution is -0.0306. The van der Waals surface area contributed by atoms with Crippen molar-refractivity contribution in [2.75, 3.05) is 19.0 Å². The second-order valence-corrected chi connectivity index (χ2v) is 4.96. The molecule has 21 heavy (non-hydrogen) atoms. The molecule has 2 aromatic rings. The Morgan fingerprint density at radius 1 is 1.19 bits per heavy atom. The average molecular weight is 289 g/mol. The van der Waals surface area contributed by atoms with Crippen LogP contribution in [0.25, 0.3) is 0 Å². The van der Waals surface area contributed by atoms with Crippen LogP contribution in [0.1, 0.15) is 38.4 Å². The second-order valence-electron chi connectivity index (χ2n) is 4.96. The van der Waals surface area contributed by atoms with Gasteiger partial charge in [0.1, 0.15) is 5.60 Å². The lowest BCUT2D eigenvalue weighted by Crippen LogP contribution is -2.28. The number of aromatic nitrogens is 2. The summed E-state index contributed by atoms with van der Waals surface area (Å²) in [6, 6.07) is 10.1. The topological polar surface area (TPSA) is 60.2 Å². The molecule has 0 aliphatic heterocycles. The van der Waals surface area contributed by atoms with E-state index in [2.05, 4.69) is 29.3 Å². The Morgan fingerprint density at radius 2 is 1.90 bits per heavy atom. The smallest absolute Gasteiger partial charge is 0.228 e. The highest BCUT2D eigenvalue weighted by molar-refractivity contribution is 5.42. The van der Waals surface area contributed by atoms with E-state index in [-0.39, 0.29) is 0 Å². The maximum atomic E-state index is 5.61. The quantitative estimate of drug-likeness (QED) is 0.807. The first-order chi connectivity index (χ1) is 10.2. The molecular weight excluding hydrogens is 266 g/mol. The van der Waals surface area contributed by atoms with Crippen molar-refractivity contribution in [1.29, 1.82) is 0 Å². The molecule has 0 atom stereocenters. The molecule has 0 saturated carbocycles. The van der Waals surface area contributed by atoms with Gasteiger partial charge in [0, 0.05) is 25.8 Å². The summed E-state index contributed by atoms with van der Waals surface area (Å²) in [4.78, 5) is 4.48. The summed E-state index contributed by atoms with van der Waals surface area (Å²) in [5, 5.41) is 7.41. The van der Waals surface area contributed by atoms with Crippen LogP contribution >= 0.6 is 0 Å². The van der Waals surface area contributed by atoms with Gasteiger partial charge < -0.3 is 14.6 Å². The molecule has 0 fully saturated rings. The number of rotatable bonds is 8. The predicted octanol–water partition coefficient (Wildman–Crippen LogP) is 3.39. The first-order valence-electron chi connectivity index (χ1n) is 7.41. The summed E-state index contributed by atoms with van der Waals surface area (Å²) in [6.45, 7) is 4.89. The standard InChI is InChI=1S/C16H23N3O2/c1-4-16(5-2,20-3)15-18-14(21-19-15)11-12-17-13-9-7-6-8-10-13/h6-10,17H,4-5,11-12H2,1-3H3. The number of methoxy groups -OCH3 is 1. The van der Waals surface area contributed by atoms with Gasteiger partial charge in [0.2, 0.25) is 11.7 Å². The van der Waals surface area contributed by atoms with Gasteiger partial charge >= 0.3 is 0 Å². The highest BCUT2D eigenvalue weighted by Gasteiger charge is 2.33. The molecule has 0 saturated heterocycles. The summed E-state index contributed by atoms with van der Waals surface area (Å²) in [7, 11) is 1.69. The first-order valence-corrected chi connectivity index (χ1v) is 7.41. The van der Waals surface area contributed by atoms with Crippen molar-refractivity contribution >= 4 is 5.69 Å². The fraction of sp³-hybridized carbons (Fsp3) is 0.500. The van der Waals surface area contributed by atoms with Crippen molar-refractivity contribution in [3.63, 3.8) is 0 Å². The zero-order chi connectivity index (χ0) is 15.1. The van der Waals surface area contributed by atoms with Crippen LogP contribution < -0.4 is 5.32 Å². The van der Waals surface area contributed by atoms with Crippen molar-refractivity contribution in [2.45, 2.75) is 38.7 Å². The Labute approximate surface area is 125 Å². The second kappa shape index (κ2) is 7.22. The van der Waals surface area contributed by atoms with Gasteiger partial charge in [0.25, 0.3) is 0 Å². The maximum Gasteiger partial charge on any atom is 0.228 e. The molecule has 1 aromatic carbocycles. The molecule has 5 nitrogen and oxygen atoms in total. The Kier molecular flexibility index (Phi) is 5.33. The maximum absolute atomic E-state index is 5.61. The normalized spacial score (nSPS) is 11.6. The van der Waals surface area contributed by atoms with Crippen LogP contribution in [0.15, 0.2) is 34.9 Å². The van der Waals surface area contributed by atoms with Gasteiger partial charge in [-0.1, -0.05) is 37.2 Å². The number of benzene rings is 1. The fourth-order valence-corrected chi connectivity index (χ4v) is 2.36. The zero-order valence-corrected chi connectivity index (χ0v) is 12.9. The molecule has 1 aromatic heterocycles. The molecule has 0 aliphatic carbocycles. The molecule has 1 N–H and O–H groups in total. The van der Waals surface area contributed by atoms with Crippen LogP contribution in [0.5, 0.6) is 0 Å². The molecule has 0 amide bonds. The fourth-order valence-electron chi connectivity index (χ4n) is 2.36. The number of ether oxygens (including phenoxy) is 1. The molecule has 0 unspecified atom stereocenters. The predicted molar refractivity (Wildman–Crippen MR) is 82.2 cm³/mol. The minimum atomic E-state index is -0.436. The van der Waals surface area contributed by atoms with E-state index < -0.39 is 5.60 Å². The molecule has 0 aliphatic rings. The van der Waals surface area contributed by atoms with E-state index in [1.54, 1.807) is 7.11 Å². The number of nitrogens with zero attached hydrogens (tertiary/aromatic N) is 2. The highest BCUT2D eigenvalue weighted by Crippen LogP contribution is 2.29. The molecule has 0 radical (unpaired) electrons. The van der Waals surface area contributed by atoms with Gasteiger partial charge in [-0.05, 0) is 25.0 Å². The number of hydrogen-bond acceptors (Lipinski definition) is 5. The lowest BCUT2D eigenvalue weighted by Gasteiger charge is -2.25. The largest absolute Gasteiger partial charge is 0.385 e. The summed E-state index contributed by atoms with van der Waals surface area (Å²) in [5.74, 6) is 1.28. The monoisotopic (exact) mass is 289 g/mol. The summed E-state index contributed by atoms with van der Waals surface area (Å²) in [6.07, 6.45) is 2.33. The van der Waals surface area contributed by atoms with Crippen LogP contribution in [0.4, 0.5) is 5.69 Å². The van der Waals surface area contributed by atoms with E-state index in [1.807, 2.05) is 30.3 Å². The SMILES string of the molecule is CCC(CC)(OC)c1noc(CCNc2ccccc2)n1. The Balaban J connectivity index is 1.94. The van der Waals surface area contributed by atoms with Crippen LogP contribution in [0, 0.1) is 0 Å². The Bertz CT molecular complexity index is 527. The first kappa shape index (κ1) is 15.5. The van der Waals surface area contributed by atoms with E-state index in [0.29, 0.717) is 18.1 Å². The summed E-state index contributed by atoms with van der Waals surface area (Å²) < 4.78 is 10.9. The minimum absolute atomic E-state index is 0.436. The molecule has 114 valence electrons. The van der Waals surface area contributed by atoms with Crippen LogP contribution in [0.3, 0.4) is 0 Å². The molecule has 0 spiro atoms. The highest BCUT2D eigenvalue weighted by atomic mass is 16.5. The van der Waals surface area contributed by atoms with Crippen molar-refractivity contribution in [3.8, 4) is 0 Å². The van der Waals surface area contributed by atoms with Crippen LogP contribution in [0.2, 0.25) is 0 Å². The average Bonchev–Trinajstić information content (AvgIpc) is 3.00. The van der Waals surface area contributed by atoms with E-state index in [9.17, 15) is 0 Å². The van der Waals surface area contributed by atoms with Crippen molar-refractivity contribution in [1.82, 2.24) is 10.1 Å². The number of nitrogens with one attached hydrogen (secondary N) is 1. The van der Waals surface area contributed by atoms with E-state index in [1.165, 1.54) is 0 Å². The number of anilines is 1. The lowest BCUT2D eigenvalue weighted by atomic mass is 9.96. The van der Waals surface area contributed by atoms with E-state index in [4.69, 9.17) is 9.26 Å². The van der Waals surface area contributed by atoms with E-state index >= 15 is 0 Å². The number of para-hydroxylation sites is 1. The third kappa shape index (κ3) is 3.61. The summed E-state index contributed by atoms with van der Waals surface area (Å²) in [5.41, 5.74) is 0.653. The molecule has 1 heterocycles. The van der Waals surface area contributed by atoms with Crippen molar-refractivity contribution < 1.29 is 9.26 Å². The van der Waals surface area contributed by atoms with Crippen LogP contribution in [-0.2, 0) is 16.8 Å². The number of hydrogen-bond donors (Lipinski definition) is 1. The molecule has 5 heteroatoms. The van der Waals surface area contributed by atoms with E-state index in [0.717, 1.165) is 25.1 Å². The summed E-state index contributed by atoms with van der Waals surface area (Å²) >= 11 is 0. The van der Waals surface area contributed by atoms with Crippen molar-refractivity contribution in [3.05, 3.63) is 42.0 Å². The van der Waals surface area contributed by atoms with Gasteiger partial charge in [0.05, 0.1) is 0 Å². The third-order valence-corrected chi connectivity index (χ3v) is 3.85. The molecule has 0 bridgehead atoms. The van der Waals surface area contributed by atoms with Gasteiger partial charge in [-0.15, -0.1) is 0 Å². The van der Waals surface area contributed by atoms with Gasteiger partial charge in [-0.3, -0.25) is 0 Å².